The Kier molecular flexibility index (Phi) is 5.53. The number of amides is 1. The first-order valence-electron chi connectivity index (χ1n) is 7.27. The maximum atomic E-state index is 11.7. The van der Waals surface area contributed by atoms with Crippen molar-refractivity contribution in [1.82, 2.24) is 15.3 Å². The van der Waals surface area contributed by atoms with E-state index in [1.807, 2.05) is 0 Å². The van der Waals surface area contributed by atoms with Crippen LogP contribution >= 0.6 is 0 Å². The summed E-state index contributed by atoms with van der Waals surface area (Å²) < 4.78 is 0. The summed E-state index contributed by atoms with van der Waals surface area (Å²) in [6, 6.07) is 0.456. The summed E-state index contributed by atoms with van der Waals surface area (Å²) in [5, 5.41) is 6.06. The Labute approximate surface area is 119 Å². The zero-order valence-corrected chi connectivity index (χ0v) is 11.8. The van der Waals surface area contributed by atoms with Crippen molar-refractivity contribution in [3.8, 4) is 0 Å². The van der Waals surface area contributed by atoms with E-state index in [1.54, 1.807) is 18.5 Å². The predicted molar refractivity (Wildman–Crippen MR) is 79.7 cm³/mol. The van der Waals surface area contributed by atoms with Crippen LogP contribution in [0.25, 0.3) is 0 Å². The lowest BCUT2D eigenvalue weighted by Gasteiger charge is -2.15. The van der Waals surface area contributed by atoms with Gasteiger partial charge >= 0.3 is 0 Å². The standard InChI is InChI=1S/C15H22N4O/c1-2-9-16-14(20)12-10-17-15(18-11-12)19-13-7-5-3-4-6-8-13/h2,10-11,13H,1,3-9H2,(H,16,20)(H,17,18,19). The van der Waals surface area contributed by atoms with E-state index in [-0.39, 0.29) is 5.91 Å². The molecule has 5 heteroatoms. The normalized spacial score (nSPS) is 16.2. The average molecular weight is 274 g/mol. The minimum atomic E-state index is -0.175. The second-order valence-electron chi connectivity index (χ2n) is 5.13. The summed E-state index contributed by atoms with van der Waals surface area (Å²) in [6.45, 7) is 4.00. The molecular formula is C15H22N4O. The smallest absolute Gasteiger partial charge is 0.254 e. The number of rotatable bonds is 5. The van der Waals surface area contributed by atoms with Crippen molar-refractivity contribution in [2.75, 3.05) is 11.9 Å². The van der Waals surface area contributed by atoms with Crippen molar-refractivity contribution in [2.45, 2.75) is 44.6 Å². The minimum absolute atomic E-state index is 0.175. The summed E-state index contributed by atoms with van der Waals surface area (Å²) in [5.41, 5.74) is 0.471. The van der Waals surface area contributed by atoms with Gasteiger partial charge in [0.15, 0.2) is 0 Å². The fourth-order valence-corrected chi connectivity index (χ4v) is 2.39. The van der Waals surface area contributed by atoms with Gasteiger partial charge in [-0.15, -0.1) is 6.58 Å². The molecule has 1 amide bonds. The first kappa shape index (κ1) is 14.5. The maximum Gasteiger partial charge on any atom is 0.254 e. The Hall–Kier alpha value is -1.91. The molecule has 0 aliphatic heterocycles. The van der Waals surface area contributed by atoms with Gasteiger partial charge in [-0.1, -0.05) is 31.8 Å². The second kappa shape index (κ2) is 7.62. The quantitative estimate of drug-likeness (QED) is 0.639. The molecule has 5 nitrogen and oxygen atoms in total. The van der Waals surface area contributed by atoms with Crippen molar-refractivity contribution in [2.24, 2.45) is 0 Å². The third-order valence-electron chi connectivity index (χ3n) is 3.51. The van der Waals surface area contributed by atoms with Crippen LogP contribution in [-0.2, 0) is 0 Å². The number of anilines is 1. The van der Waals surface area contributed by atoms with E-state index < -0.39 is 0 Å². The van der Waals surface area contributed by atoms with Gasteiger partial charge in [0.1, 0.15) is 0 Å². The fraction of sp³-hybridized carbons (Fsp3) is 0.533. The number of nitrogens with one attached hydrogen (secondary N) is 2. The Morgan fingerprint density at radius 1 is 1.25 bits per heavy atom. The average Bonchev–Trinajstić information content (AvgIpc) is 2.74. The van der Waals surface area contributed by atoms with Crippen LogP contribution in [0.15, 0.2) is 25.0 Å². The molecule has 1 saturated carbocycles. The zero-order valence-electron chi connectivity index (χ0n) is 11.8. The van der Waals surface area contributed by atoms with Gasteiger partial charge in [0.05, 0.1) is 5.56 Å². The minimum Gasteiger partial charge on any atom is -0.351 e. The van der Waals surface area contributed by atoms with Gasteiger partial charge in [0, 0.05) is 25.0 Å². The van der Waals surface area contributed by atoms with Gasteiger partial charge in [0.2, 0.25) is 5.95 Å². The van der Waals surface area contributed by atoms with E-state index in [9.17, 15) is 4.79 Å². The molecule has 0 bridgehead atoms. The van der Waals surface area contributed by atoms with Gasteiger partial charge in [-0.2, -0.15) is 0 Å². The highest BCUT2D eigenvalue weighted by Gasteiger charge is 2.13. The third kappa shape index (κ3) is 4.33. The lowest BCUT2D eigenvalue weighted by Crippen LogP contribution is -2.24. The Morgan fingerprint density at radius 3 is 2.50 bits per heavy atom. The molecule has 0 aromatic carbocycles. The van der Waals surface area contributed by atoms with Crippen LogP contribution in [0.1, 0.15) is 48.9 Å². The van der Waals surface area contributed by atoms with Gasteiger partial charge in [-0.25, -0.2) is 9.97 Å². The number of hydrogen-bond donors (Lipinski definition) is 2. The van der Waals surface area contributed by atoms with E-state index in [4.69, 9.17) is 0 Å². The molecule has 0 atom stereocenters. The lowest BCUT2D eigenvalue weighted by atomic mass is 10.1. The van der Waals surface area contributed by atoms with E-state index in [2.05, 4.69) is 27.2 Å². The number of carbonyl (C=O) groups is 1. The molecule has 0 saturated heterocycles. The van der Waals surface area contributed by atoms with Crippen molar-refractivity contribution >= 4 is 11.9 Å². The molecule has 1 aromatic rings. The van der Waals surface area contributed by atoms with Gasteiger partial charge in [-0.3, -0.25) is 4.79 Å². The van der Waals surface area contributed by atoms with Gasteiger partial charge in [-0.05, 0) is 12.8 Å². The predicted octanol–water partition coefficient (Wildman–Crippen LogP) is 2.53. The van der Waals surface area contributed by atoms with E-state index in [0.717, 1.165) is 0 Å². The van der Waals surface area contributed by atoms with Crippen LogP contribution in [0.5, 0.6) is 0 Å². The highest BCUT2D eigenvalue weighted by molar-refractivity contribution is 5.93. The molecule has 1 heterocycles. The molecule has 2 rings (SSSR count). The highest BCUT2D eigenvalue weighted by Crippen LogP contribution is 2.19. The molecule has 0 unspecified atom stereocenters. The molecule has 1 aliphatic carbocycles. The van der Waals surface area contributed by atoms with E-state index >= 15 is 0 Å². The highest BCUT2D eigenvalue weighted by atomic mass is 16.1. The molecule has 20 heavy (non-hydrogen) atoms. The molecule has 2 N–H and O–H groups in total. The molecule has 0 spiro atoms. The topological polar surface area (TPSA) is 66.9 Å². The van der Waals surface area contributed by atoms with Crippen LogP contribution in [0, 0.1) is 0 Å². The van der Waals surface area contributed by atoms with Crippen LogP contribution < -0.4 is 10.6 Å². The Bertz CT molecular complexity index is 436. The number of nitrogens with zero attached hydrogens (tertiary/aromatic N) is 2. The molecule has 1 fully saturated rings. The molecule has 108 valence electrons. The SMILES string of the molecule is C=CCNC(=O)c1cnc(NC2CCCCCC2)nc1. The van der Waals surface area contributed by atoms with Crippen molar-refractivity contribution in [3.63, 3.8) is 0 Å². The van der Waals surface area contributed by atoms with Crippen LogP contribution in [0.2, 0.25) is 0 Å². The lowest BCUT2D eigenvalue weighted by molar-refractivity contribution is 0.0957. The van der Waals surface area contributed by atoms with Crippen molar-refractivity contribution in [3.05, 3.63) is 30.6 Å². The summed E-state index contributed by atoms with van der Waals surface area (Å²) >= 11 is 0. The van der Waals surface area contributed by atoms with Crippen LogP contribution in [0.4, 0.5) is 5.95 Å². The Morgan fingerprint density at radius 2 is 1.90 bits per heavy atom. The van der Waals surface area contributed by atoms with Crippen LogP contribution in [0.3, 0.4) is 0 Å². The number of aromatic nitrogens is 2. The summed E-state index contributed by atoms with van der Waals surface area (Å²) in [5.74, 6) is 0.433. The largest absolute Gasteiger partial charge is 0.351 e. The zero-order chi connectivity index (χ0) is 14.2. The third-order valence-corrected chi connectivity index (χ3v) is 3.51. The molecule has 1 aliphatic rings. The van der Waals surface area contributed by atoms with Crippen molar-refractivity contribution in [1.29, 1.82) is 0 Å². The fourth-order valence-electron chi connectivity index (χ4n) is 2.39. The van der Waals surface area contributed by atoms with E-state index in [1.165, 1.54) is 38.5 Å². The monoisotopic (exact) mass is 274 g/mol. The first-order valence-corrected chi connectivity index (χ1v) is 7.27. The second-order valence-corrected chi connectivity index (χ2v) is 5.13. The molecule has 1 aromatic heterocycles. The van der Waals surface area contributed by atoms with Crippen molar-refractivity contribution < 1.29 is 4.79 Å². The summed E-state index contributed by atoms with van der Waals surface area (Å²) in [4.78, 5) is 20.1. The molecular weight excluding hydrogens is 252 g/mol. The molecule has 0 radical (unpaired) electrons. The number of carbonyl (C=O) groups excluding carboxylic acids is 1. The summed E-state index contributed by atoms with van der Waals surface area (Å²) in [7, 11) is 0. The Balaban J connectivity index is 1.90. The van der Waals surface area contributed by atoms with Crippen LogP contribution in [-0.4, -0.2) is 28.5 Å². The van der Waals surface area contributed by atoms with Gasteiger partial charge in [0.25, 0.3) is 5.91 Å². The van der Waals surface area contributed by atoms with Gasteiger partial charge < -0.3 is 10.6 Å². The maximum absolute atomic E-state index is 11.7. The summed E-state index contributed by atoms with van der Waals surface area (Å²) in [6.07, 6.45) is 12.3. The van der Waals surface area contributed by atoms with E-state index in [0.29, 0.717) is 24.1 Å². The first-order chi connectivity index (χ1) is 9.79. The number of hydrogen-bond acceptors (Lipinski definition) is 4.